The normalized spacial score (nSPS) is 13.2. The minimum Gasteiger partial charge on any atom is -0.286 e. The zero-order valence-electron chi connectivity index (χ0n) is 8.99. The van der Waals surface area contributed by atoms with E-state index in [1.807, 2.05) is 18.9 Å². The summed E-state index contributed by atoms with van der Waals surface area (Å²) in [6.45, 7) is 6.78. The van der Waals surface area contributed by atoms with Crippen LogP contribution in [0.25, 0.3) is 0 Å². The molecule has 0 atom stereocenters. The first-order valence-electron chi connectivity index (χ1n) is 4.95. The van der Waals surface area contributed by atoms with Crippen molar-refractivity contribution in [1.29, 1.82) is 0 Å². The highest BCUT2D eigenvalue weighted by molar-refractivity contribution is 5.63. The molecule has 1 N–H and O–H groups in total. The van der Waals surface area contributed by atoms with E-state index in [1.54, 1.807) is 6.34 Å². The standard InChI is InChI=1S/C9H11N3.C2H6/c1-8-2-4-9(5-3-8)12-7-10-6-11-12;1-2/h2-6H,7H2,1H3,(H,10,11);1-2H3. The van der Waals surface area contributed by atoms with Crippen LogP contribution in [0.4, 0.5) is 5.69 Å². The summed E-state index contributed by atoms with van der Waals surface area (Å²) in [4.78, 5) is 4.05. The summed E-state index contributed by atoms with van der Waals surface area (Å²) in [6, 6.07) is 8.35. The van der Waals surface area contributed by atoms with Crippen molar-refractivity contribution >= 4 is 12.0 Å². The highest BCUT2D eigenvalue weighted by Gasteiger charge is 2.05. The Morgan fingerprint density at radius 1 is 1.21 bits per heavy atom. The monoisotopic (exact) mass is 191 g/mol. The smallest absolute Gasteiger partial charge is 0.131 e. The number of hydrogen-bond donors (Lipinski definition) is 1. The lowest BCUT2D eigenvalue weighted by Crippen LogP contribution is -2.31. The molecular formula is C11H17N3. The highest BCUT2D eigenvalue weighted by atomic mass is 15.6. The topological polar surface area (TPSA) is 27.6 Å². The van der Waals surface area contributed by atoms with Gasteiger partial charge in [0.05, 0.1) is 5.69 Å². The number of aryl methyl sites for hydroxylation is 1. The first-order valence-corrected chi connectivity index (χ1v) is 4.95. The second kappa shape index (κ2) is 5.27. The molecule has 1 aliphatic heterocycles. The predicted molar refractivity (Wildman–Crippen MR) is 61.5 cm³/mol. The van der Waals surface area contributed by atoms with Gasteiger partial charge in [0.1, 0.15) is 13.0 Å². The fraction of sp³-hybridized carbons (Fsp3) is 0.364. The van der Waals surface area contributed by atoms with Crippen molar-refractivity contribution < 1.29 is 0 Å². The van der Waals surface area contributed by atoms with Gasteiger partial charge in [-0.1, -0.05) is 31.5 Å². The van der Waals surface area contributed by atoms with Crippen LogP contribution in [0.5, 0.6) is 0 Å². The van der Waals surface area contributed by atoms with Crippen molar-refractivity contribution in [2.75, 3.05) is 11.7 Å². The third kappa shape index (κ3) is 2.49. The van der Waals surface area contributed by atoms with E-state index in [1.165, 1.54) is 5.56 Å². The van der Waals surface area contributed by atoms with Gasteiger partial charge < -0.3 is 0 Å². The zero-order chi connectivity index (χ0) is 10.4. The van der Waals surface area contributed by atoms with Gasteiger partial charge in [-0.05, 0) is 19.1 Å². The van der Waals surface area contributed by atoms with E-state index in [0.717, 1.165) is 5.69 Å². The van der Waals surface area contributed by atoms with Crippen LogP contribution in [0.15, 0.2) is 29.3 Å². The van der Waals surface area contributed by atoms with Crippen LogP contribution < -0.4 is 10.4 Å². The third-order valence-electron chi connectivity index (χ3n) is 1.87. The van der Waals surface area contributed by atoms with Crippen LogP contribution in [0.3, 0.4) is 0 Å². The van der Waals surface area contributed by atoms with Crippen LogP contribution >= 0.6 is 0 Å². The van der Waals surface area contributed by atoms with E-state index < -0.39 is 0 Å². The summed E-state index contributed by atoms with van der Waals surface area (Å²) in [5.41, 5.74) is 5.46. The molecular weight excluding hydrogens is 174 g/mol. The minimum atomic E-state index is 0.697. The van der Waals surface area contributed by atoms with Gasteiger partial charge in [0, 0.05) is 0 Å². The largest absolute Gasteiger partial charge is 0.286 e. The molecule has 0 aliphatic carbocycles. The summed E-state index contributed by atoms with van der Waals surface area (Å²) in [5.74, 6) is 0. The third-order valence-corrected chi connectivity index (χ3v) is 1.87. The molecule has 0 amide bonds. The second-order valence-electron chi connectivity index (χ2n) is 2.85. The molecule has 0 spiro atoms. The fourth-order valence-electron chi connectivity index (χ4n) is 1.15. The number of nitrogens with one attached hydrogen (secondary N) is 1. The molecule has 0 aromatic heterocycles. The average molecular weight is 191 g/mol. The van der Waals surface area contributed by atoms with Crippen LogP contribution in [-0.4, -0.2) is 13.0 Å². The quantitative estimate of drug-likeness (QED) is 0.737. The molecule has 0 bridgehead atoms. The van der Waals surface area contributed by atoms with Crippen LogP contribution in [0.2, 0.25) is 0 Å². The number of anilines is 1. The summed E-state index contributed by atoms with van der Waals surface area (Å²) in [7, 11) is 0. The molecule has 0 unspecified atom stereocenters. The molecule has 2 rings (SSSR count). The van der Waals surface area contributed by atoms with Crippen LogP contribution in [0, 0.1) is 6.92 Å². The maximum atomic E-state index is 4.05. The lowest BCUT2D eigenvalue weighted by molar-refractivity contribution is 0.845. The van der Waals surface area contributed by atoms with Crippen molar-refractivity contribution in [1.82, 2.24) is 5.43 Å². The maximum absolute atomic E-state index is 4.05. The van der Waals surface area contributed by atoms with Gasteiger partial charge in [0.25, 0.3) is 0 Å². The fourth-order valence-corrected chi connectivity index (χ4v) is 1.15. The van der Waals surface area contributed by atoms with Gasteiger partial charge >= 0.3 is 0 Å². The van der Waals surface area contributed by atoms with Crippen molar-refractivity contribution in [3.05, 3.63) is 29.8 Å². The van der Waals surface area contributed by atoms with E-state index >= 15 is 0 Å². The lowest BCUT2D eigenvalue weighted by atomic mass is 10.2. The van der Waals surface area contributed by atoms with Gasteiger partial charge in [-0.3, -0.25) is 15.4 Å². The van der Waals surface area contributed by atoms with Crippen molar-refractivity contribution in [3.8, 4) is 0 Å². The molecule has 0 saturated carbocycles. The Bertz CT molecular complexity index is 282. The number of nitrogens with zero attached hydrogens (tertiary/aromatic N) is 2. The van der Waals surface area contributed by atoms with Gasteiger partial charge in [0.2, 0.25) is 0 Å². The molecule has 76 valence electrons. The van der Waals surface area contributed by atoms with Crippen LogP contribution in [0.1, 0.15) is 19.4 Å². The Balaban J connectivity index is 0.000000461. The summed E-state index contributed by atoms with van der Waals surface area (Å²) in [5, 5.41) is 1.99. The van der Waals surface area contributed by atoms with Crippen molar-refractivity contribution in [2.45, 2.75) is 20.8 Å². The number of aliphatic imine (C=N–C) groups is 1. The minimum absolute atomic E-state index is 0.697. The molecule has 1 aromatic carbocycles. The summed E-state index contributed by atoms with van der Waals surface area (Å²) >= 11 is 0. The van der Waals surface area contributed by atoms with E-state index in [9.17, 15) is 0 Å². The molecule has 14 heavy (non-hydrogen) atoms. The average Bonchev–Trinajstić information content (AvgIpc) is 2.75. The SMILES string of the molecule is CC.Cc1ccc(N2CN=CN2)cc1. The van der Waals surface area contributed by atoms with Gasteiger partial charge in [-0.15, -0.1) is 0 Å². The van der Waals surface area contributed by atoms with E-state index in [2.05, 4.69) is 41.6 Å². The molecule has 1 aliphatic rings. The molecule has 1 aromatic rings. The molecule has 0 fully saturated rings. The number of hydrazine groups is 1. The lowest BCUT2D eigenvalue weighted by Gasteiger charge is -2.16. The van der Waals surface area contributed by atoms with E-state index in [4.69, 9.17) is 0 Å². The Morgan fingerprint density at radius 3 is 2.36 bits per heavy atom. The first kappa shape index (κ1) is 10.6. The molecule has 0 radical (unpaired) electrons. The van der Waals surface area contributed by atoms with Gasteiger partial charge in [0.15, 0.2) is 0 Å². The second-order valence-corrected chi connectivity index (χ2v) is 2.85. The van der Waals surface area contributed by atoms with Gasteiger partial charge in [-0.25, -0.2) is 0 Å². The Labute approximate surface area is 85.4 Å². The maximum Gasteiger partial charge on any atom is 0.131 e. The number of rotatable bonds is 1. The molecule has 0 saturated heterocycles. The number of hydrogen-bond acceptors (Lipinski definition) is 3. The molecule has 3 nitrogen and oxygen atoms in total. The Morgan fingerprint density at radius 2 is 1.86 bits per heavy atom. The first-order chi connectivity index (χ1) is 6.86. The van der Waals surface area contributed by atoms with Gasteiger partial charge in [-0.2, -0.15) is 0 Å². The van der Waals surface area contributed by atoms with Crippen molar-refractivity contribution in [3.63, 3.8) is 0 Å². The van der Waals surface area contributed by atoms with E-state index in [0.29, 0.717) is 6.67 Å². The number of benzene rings is 1. The molecule has 3 heteroatoms. The summed E-state index contributed by atoms with van der Waals surface area (Å²) < 4.78 is 0. The summed E-state index contributed by atoms with van der Waals surface area (Å²) in [6.07, 6.45) is 1.71. The Kier molecular flexibility index (Phi) is 3.98. The van der Waals surface area contributed by atoms with Crippen LogP contribution in [-0.2, 0) is 0 Å². The molecule has 1 heterocycles. The zero-order valence-corrected chi connectivity index (χ0v) is 8.99. The Hall–Kier alpha value is -1.51. The predicted octanol–water partition coefficient (Wildman–Crippen LogP) is 2.33. The highest BCUT2D eigenvalue weighted by Crippen LogP contribution is 2.13. The van der Waals surface area contributed by atoms with Crippen molar-refractivity contribution in [2.24, 2.45) is 4.99 Å². The van der Waals surface area contributed by atoms with E-state index in [-0.39, 0.29) is 0 Å².